The molecule has 27 heavy (non-hydrogen) atoms. The molecule has 4 rings (SSSR count). The molecule has 3 heterocycles. The van der Waals surface area contributed by atoms with Crippen molar-refractivity contribution in [2.75, 3.05) is 5.32 Å². The van der Waals surface area contributed by atoms with Gasteiger partial charge in [-0.2, -0.15) is 14.7 Å². The van der Waals surface area contributed by atoms with Gasteiger partial charge >= 0.3 is 0 Å². The topological polar surface area (TPSA) is 72.9 Å². The van der Waals surface area contributed by atoms with Crippen LogP contribution in [0.15, 0.2) is 48.9 Å². The smallest absolute Gasteiger partial charge is 0.157 e. The van der Waals surface area contributed by atoms with E-state index in [2.05, 4.69) is 39.3 Å². The summed E-state index contributed by atoms with van der Waals surface area (Å²) in [6.45, 7) is 4.21. The Balaban J connectivity index is 1.82. The summed E-state index contributed by atoms with van der Waals surface area (Å²) in [5, 5.41) is 12.0. The molecule has 138 valence electrons. The van der Waals surface area contributed by atoms with Gasteiger partial charge in [-0.1, -0.05) is 26.0 Å². The first kappa shape index (κ1) is 17.1. The summed E-state index contributed by atoms with van der Waals surface area (Å²) in [5.41, 5.74) is 1.63. The lowest BCUT2D eigenvalue weighted by molar-refractivity contribution is 0.495. The number of benzene rings is 1. The van der Waals surface area contributed by atoms with Crippen LogP contribution in [0, 0.1) is 11.7 Å². The van der Waals surface area contributed by atoms with Gasteiger partial charge in [0.1, 0.15) is 23.8 Å². The van der Waals surface area contributed by atoms with Crippen molar-refractivity contribution < 1.29 is 4.39 Å². The Kier molecular flexibility index (Phi) is 4.31. The van der Waals surface area contributed by atoms with Gasteiger partial charge in [0.05, 0.1) is 17.9 Å². The van der Waals surface area contributed by atoms with Crippen molar-refractivity contribution in [2.24, 2.45) is 13.0 Å². The van der Waals surface area contributed by atoms with Crippen LogP contribution in [0.2, 0.25) is 0 Å². The van der Waals surface area contributed by atoms with E-state index in [-0.39, 0.29) is 17.8 Å². The molecule has 1 N–H and O–H groups in total. The van der Waals surface area contributed by atoms with Crippen molar-refractivity contribution in [3.8, 4) is 11.3 Å². The highest BCUT2D eigenvalue weighted by molar-refractivity contribution is 5.67. The van der Waals surface area contributed by atoms with Crippen LogP contribution in [0.1, 0.15) is 25.7 Å². The molecule has 0 radical (unpaired) electrons. The largest absolute Gasteiger partial charge is 0.360 e. The molecular formula is C19H20FN7. The standard InChI is InChI=1S/C19H20FN7/c1-12(2)18(19-21-11-23-26(19)3)25-17-10-15(13-6-4-5-7-14(13)20)24-16-8-9-22-27(16)17/h4-12,18,25H,1-3H3/t18-/m1/s1. The third-order valence-corrected chi connectivity index (χ3v) is 4.50. The van der Waals surface area contributed by atoms with Gasteiger partial charge in [-0.3, -0.25) is 4.68 Å². The minimum atomic E-state index is -0.312. The molecule has 0 spiro atoms. The number of nitrogens with one attached hydrogen (secondary N) is 1. The normalized spacial score (nSPS) is 12.6. The second-order valence-electron chi connectivity index (χ2n) is 6.72. The van der Waals surface area contributed by atoms with Crippen molar-refractivity contribution in [1.29, 1.82) is 0 Å². The molecule has 8 heteroatoms. The third kappa shape index (κ3) is 3.14. The summed E-state index contributed by atoms with van der Waals surface area (Å²) in [6, 6.07) is 10.1. The van der Waals surface area contributed by atoms with E-state index in [9.17, 15) is 4.39 Å². The monoisotopic (exact) mass is 365 g/mol. The number of hydrogen-bond acceptors (Lipinski definition) is 5. The zero-order valence-electron chi connectivity index (χ0n) is 15.3. The number of aryl methyl sites for hydroxylation is 1. The molecule has 0 fully saturated rings. The van der Waals surface area contributed by atoms with Gasteiger partial charge in [-0.05, 0) is 18.1 Å². The molecule has 4 aromatic rings. The molecule has 1 aromatic carbocycles. The van der Waals surface area contributed by atoms with Crippen molar-refractivity contribution in [3.63, 3.8) is 0 Å². The first-order valence-electron chi connectivity index (χ1n) is 8.74. The Hall–Kier alpha value is -3.29. The molecule has 0 aliphatic carbocycles. The fraction of sp³-hybridized carbons (Fsp3) is 0.263. The van der Waals surface area contributed by atoms with E-state index >= 15 is 0 Å². The highest BCUT2D eigenvalue weighted by atomic mass is 19.1. The number of halogens is 1. The molecule has 0 amide bonds. The summed E-state index contributed by atoms with van der Waals surface area (Å²) in [7, 11) is 1.86. The minimum absolute atomic E-state index is 0.0965. The predicted octanol–water partition coefficient (Wildman–Crippen LogP) is 3.47. The maximum absolute atomic E-state index is 14.3. The van der Waals surface area contributed by atoms with E-state index in [1.165, 1.54) is 12.4 Å². The Labute approximate surface area is 155 Å². The van der Waals surface area contributed by atoms with Crippen LogP contribution >= 0.6 is 0 Å². The molecular weight excluding hydrogens is 345 g/mol. The predicted molar refractivity (Wildman–Crippen MR) is 101 cm³/mol. The second-order valence-corrected chi connectivity index (χ2v) is 6.72. The second kappa shape index (κ2) is 6.79. The lowest BCUT2D eigenvalue weighted by atomic mass is 10.0. The van der Waals surface area contributed by atoms with Crippen molar-refractivity contribution in [3.05, 3.63) is 60.6 Å². The minimum Gasteiger partial charge on any atom is -0.360 e. The number of hydrogen-bond donors (Lipinski definition) is 1. The van der Waals surface area contributed by atoms with Gasteiger partial charge in [-0.25, -0.2) is 14.4 Å². The maximum atomic E-state index is 14.3. The van der Waals surface area contributed by atoms with Gasteiger partial charge < -0.3 is 5.32 Å². The Morgan fingerprint density at radius 1 is 1.11 bits per heavy atom. The molecule has 0 saturated carbocycles. The van der Waals surface area contributed by atoms with Crippen molar-refractivity contribution in [2.45, 2.75) is 19.9 Å². The SMILES string of the molecule is CC(C)[C@@H](Nc1cc(-c2ccccc2F)nc2ccnn12)c1ncnn1C. The lowest BCUT2D eigenvalue weighted by Crippen LogP contribution is -2.22. The summed E-state index contributed by atoms with van der Waals surface area (Å²) in [6.07, 6.45) is 3.21. The Morgan fingerprint density at radius 3 is 2.63 bits per heavy atom. The van der Waals surface area contributed by atoms with Gasteiger partial charge in [0.2, 0.25) is 0 Å². The first-order chi connectivity index (χ1) is 13.0. The van der Waals surface area contributed by atoms with Crippen molar-refractivity contribution in [1.82, 2.24) is 29.4 Å². The Bertz CT molecular complexity index is 1080. The molecule has 0 bridgehead atoms. The highest BCUT2D eigenvalue weighted by Gasteiger charge is 2.22. The summed E-state index contributed by atoms with van der Waals surface area (Å²) in [5.74, 6) is 1.46. The summed E-state index contributed by atoms with van der Waals surface area (Å²) in [4.78, 5) is 8.93. The van der Waals surface area contributed by atoms with Gasteiger partial charge in [0.25, 0.3) is 0 Å². The molecule has 0 aliphatic heterocycles. The average molecular weight is 365 g/mol. The van der Waals surface area contributed by atoms with Crippen LogP contribution in [0.4, 0.5) is 10.2 Å². The molecule has 3 aromatic heterocycles. The van der Waals surface area contributed by atoms with E-state index in [1.807, 2.05) is 13.1 Å². The maximum Gasteiger partial charge on any atom is 0.157 e. The quantitative estimate of drug-likeness (QED) is 0.586. The highest BCUT2D eigenvalue weighted by Crippen LogP contribution is 2.28. The molecule has 0 unspecified atom stereocenters. The average Bonchev–Trinajstić information content (AvgIpc) is 3.28. The summed E-state index contributed by atoms with van der Waals surface area (Å²) >= 11 is 0. The lowest BCUT2D eigenvalue weighted by Gasteiger charge is -2.23. The van der Waals surface area contributed by atoms with Gasteiger partial charge in [0.15, 0.2) is 5.65 Å². The van der Waals surface area contributed by atoms with E-state index in [4.69, 9.17) is 0 Å². The van der Waals surface area contributed by atoms with Crippen molar-refractivity contribution >= 4 is 11.5 Å². The van der Waals surface area contributed by atoms with E-state index in [0.717, 1.165) is 5.82 Å². The van der Waals surface area contributed by atoms with E-state index in [1.54, 1.807) is 39.7 Å². The summed E-state index contributed by atoms with van der Waals surface area (Å²) < 4.78 is 17.7. The molecule has 0 aliphatic rings. The third-order valence-electron chi connectivity index (χ3n) is 4.50. The molecule has 0 saturated heterocycles. The van der Waals surface area contributed by atoms with Crippen LogP contribution in [0.3, 0.4) is 0 Å². The van der Waals surface area contributed by atoms with Gasteiger partial charge in [0, 0.05) is 24.7 Å². The Morgan fingerprint density at radius 2 is 1.93 bits per heavy atom. The number of nitrogens with zero attached hydrogens (tertiary/aromatic N) is 6. The van der Waals surface area contributed by atoms with E-state index < -0.39 is 0 Å². The van der Waals surface area contributed by atoms with Crippen LogP contribution in [0.25, 0.3) is 16.9 Å². The molecule has 7 nitrogen and oxygen atoms in total. The van der Waals surface area contributed by atoms with Crippen LogP contribution in [-0.4, -0.2) is 29.4 Å². The number of fused-ring (bicyclic) bond motifs is 1. The number of anilines is 1. The number of rotatable bonds is 5. The fourth-order valence-corrected chi connectivity index (χ4v) is 3.10. The van der Waals surface area contributed by atoms with Crippen LogP contribution in [0.5, 0.6) is 0 Å². The van der Waals surface area contributed by atoms with E-state index in [0.29, 0.717) is 22.7 Å². The van der Waals surface area contributed by atoms with Crippen LogP contribution < -0.4 is 5.32 Å². The number of aromatic nitrogens is 6. The zero-order chi connectivity index (χ0) is 19.0. The van der Waals surface area contributed by atoms with Gasteiger partial charge in [-0.15, -0.1) is 0 Å². The fourth-order valence-electron chi connectivity index (χ4n) is 3.10. The van der Waals surface area contributed by atoms with Crippen LogP contribution in [-0.2, 0) is 7.05 Å². The zero-order valence-corrected chi connectivity index (χ0v) is 15.3. The molecule has 1 atom stereocenters. The first-order valence-corrected chi connectivity index (χ1v) is 8.74.